The van der Waals surface area contributed by atoms with Gasteiger partial charge in [0, 0.05) is 19.5 Å². The smallest absolute Gasteiger partial charge is 0.145 e. The van der Waals surface area contributed by atoms with Gasteiger partial charge < -0.3 is 9.88 Å². The summed E-state index contributed by atoms with van der Waals surface area (Å²) in [6.45, 7) is 3.88. The van der Waals surface area contributed by atoms with E-state index in [9.17, 15) is 0 Å². The lowest BCUT2D eigenvalue weighted by Gasteiger charge is -2.24. The van der Waals surface area contributed by atoms with Crippen LogP contribution in [-0.2, 0) is 13.0 Å². The van der Waals surface area contributed by atoms with Crippen molar-refractivity contribution >= 4 is 16.9 Å². The second-order valence-electron chi connectivity index (χ2n) is 5.80. The maximum absolute atomic E-state index is 4.61. The maximum atomic E-state index is 4.61. The Kier molecular flexibility index (Phi) is 3.21. The van der Waals surface area contributed by atoms with Gasteiger partial charge in [0.15, 0.2) is 0 Å². The van der Waals surface area contributed by atoms with Crippen molar-refractivity contribution in [2.45, 2.75) is 26.3 Å². The Morgan fingerprint density at radius 2 is 2.09 bits per heavy atom. The molecule has 6 heteroatoms. The molecule has 4 rings (SSSR count). The predicted octanol–water partition coefficient (Wildman–Crippen LogP) is 2.20. The normalized spacial score (nSPS) is 17.4. The molecule has 1 aliphatic rings. The topological polar surface area (TPSA) is 68.5 Å². The van der Waals surface area contributed by atoms with Gasteiger partial charge in [-0.3, -0.25) is 4.98 Å². The highest BCUT2D eigenvalue weighted by Crippen LogP contribution is 2.20. The molecule has 1 aliphatic heterocycles. The number of aryl methyl sites for hydroxylation is 2. The second kappa shape index (κ2) is 5.36. The monoisotopic (exact) mass is 294 g/mol. The molecular weight excluding hydrogens is 276 g/mol. The largest absolute Gasteiger partial charge is 0.368 e. The molecule has 3 heterocycles. The molecular formula is C16H18N6. The Labute approximate surface area is 128 Å². The molecule has 1 aromatic carbocycles. The third-order valence-electron chi connectivity index (χ3n) is 4.25. The van der Waals surface area contributed by atoms with Crippen LogP contribution in [0.4, 0.5) is 5.82 Å². The third-order valence-corrected chi connectivity index (χ3v) is 4.25. The van der Waals surface area contributed by atoms with E-state index in [0.717, 1.165) is 54.4 Å². The van der Waals surface area contributed by atoms with Crippen molar-refractivity contribution in [1.29, 1.82) is 0 Å². The van der Waals surface area contributed by atoms with Crippen molar-refractivity contribution < 1.29 is 0 Å². The summed E-state index contributed by atoms with van der Waals surface area (Å²) in [5, 5.41) is 11.8. The number of nitrogens with one attached hydrogen (secondary N) is 1. The SMILES string of the molecule is Cc1nnc2n1C[C@@H](CNc1cnc3ccccc3n1)CC2. The maximum Gasteiger partial charge on any atom is 0.145 e. The van der Waals surface area contributed by atoms with Crippen molar-refractivity contribution in [3.05, 3.63) is 42.1 Å². The molecule has 0 unspecified atom stereocenters. The van der Waals surface area contributed by atoms with Crippen LogP contribution in [0.3, 0.4) is 0 Å². The summed E-state index contributed by atoms with van der Waals surface area (Å²) < 4.78 is 2.22. The number of anilines is 1. The Morgan fingerprint density at radius 3 is 3.00 bits per heavy atom. The molecule has 0 saturated carbocycles. The van der Waals surface area contributed by atoms with E-state index < -0.39 is 0 Å². The molecule has 2 aromatic heterocycles. The van der Waals surface area contributed by atoms with Crippen LogP contribution in [0.1, 0.15) is 18.1 Å². The van der Waals surface area contributed by atoms with Crippen LogP contribution in [-0.4, -0.2) is 31.3 Å². The Bertz CT molecular complexity index is 809. The Morgan fingerprint density at radius 1 is 1.23 bits per heavy atom. The summed E-state index contributed by atoms with van der Waals surface area (Å²) in [5.41, 5.74) is 1.85. The van der Waals surface area contributed by atoms with Crippen LogP contribution in [0.2, 0.25) is 0 Å². The highest BCUT2D eigenvalue weighted by Gasteiger charge is 2.21. The number of aromatic nitrogens is 5. The van der Waals surface area contributed by atoms with Crippen LogP contribution >= 0.6 is 0 Å². The van der Waals surface area contributed by atoms with Gasteiger partial charge in [-0.15, -0.1) is 10.2 Å². The van der Waals surface area contributed by atoms with Gasteiger partial charge in [-0.25, -0.2) is 4.98 Å². The van der Waals surface area contributed by atoms with Gasteiger partial charge >= 0.3 is 0 Å². The summed E-state index contributed by atoms with van der Waals surface area (Å²) in [5.74, 6) is 3.52. The molecule has 0 radical (unpaired) electrons. The van der Waals surface area contributed by atoms with Crippen molar-refractivity contribution in [2.24, 2.45) is 5.92 Å². The van der Waals surface area contributed by atoms with Crippen molar-refractivity contribution in [3.63, 3.8) is 0 Å². The first-order chi connectivity index (χ1) is 10.8. The minimum Gasteiger partial charge on any atom is -0.368 e. The number of fused-ring (bicyclic) bond motifs is 2. The molecule has 0 fully saturated rings. The van der Waals surface area contributed by atoms with Gasteiger partial charge in [0.1, 0.15) is 17.5 Å². The van der Waals surface area contributed by atoms with Crippen LogP contribution in [0, 0.1) is 12.8 Å². The van der Waals surface area contributed by atoms with Crippen molar-refractivity contribution in [2.75, 3.05) is 11.9 Å². The second-order valence-corrected chi connectivity index (χ2v) is 5.80. The fraction of sp³-hybridized carbons (Fsp3) is 0.375. The number of hydrogen-bond donors (Lipinski definition) is 1. The molecule has 0 saturated heterocycles. The zero-order valence-corrected chi connectivity index (χ0v) is 12.5. The van der Waals surface area contributed by atoms with Gasteiger partial charge in [0.25, 0.3) is 0 Å². The number of para-hydroxylation sites is 2. The highest BCUT2D eigenvalue weighted by atomic mass is 15.3. The van der Waals surface area contributed by atoms with E-state index in [2.05, 4.69) is 30.0 Å². The lowest BCUT2D eigenvalue weighted by atomic mass is 9.99. The van der Waals surface area contributed by atoms with Gasteiger partial charge in [0.05, 0.1) is 17.2 Å². The molecule has 22 heavy (non-hydrogen) atoms. The highest BCUT2D eigenvalue weighted by molar-refractivity contribution is 5.75. The summed E-state index contributed by atoms with van der Waals surface area (Å²) in [6, 6.07) is 7.92. The fourth-order valence-electron chi connectivity index (χ4n) is 2.99. The fourth-order valence-corrected chi connectivity index (χ4v) is 2.99. The lowest BCUT2D eigenvalue weighted by Crippen LogP contribution is -2.27. The van der Waals surface area contributed by atoms with Crippen LogP contribution in [0.5, 0.6) is 0 Å². The molecule has 3 aromatic rings. The van der Waals surface area contributed by atoms with Gasteiger partial charge in [-0.1, -0.05) is 12.1 Å². The number of nitrogens with zero attached hydrogens (tertiary/aromatic N) is 5. The van der Waals surface area contributed by atoms with E-state index in [4.69, 9.17) is 0 Å². The van der Waals surface area contributed by atoms with Crippen LogP contribution in [0.15, 0.2) is 30.5 Å². The zero-order valence-electron chi connectivity index (χ0n) is 12.5. The summed E-state index contributed by atoms with van der Waals surface area (Å²) in [7, 11) is 0. The Hall–Kier alpha value is -2.50. The predicted molar refractivity (Wildman–Crippen MR) is 84.6 cm³/mol. The average Bonchev–Trinajstić information content (AvgIpc) is 2.93. The molecule has 0 bridgehead atoms. The molecule has 112 valence electrons. The molecule has 0 spiro atoms. The number of benzene rings is 1. The quantitative estimate of drug-likeness (QED) is 0.802. The first-order valence-corrected chi connectivity index (χ1v) is 7.64. The van der Waals surface area contributed by atoms with E-state index in [0.29, 0.717) is 5.92 Å². The summed E-state index contributed by atoms with van der Waals surface area (Å²) >= 11 is 0. The van der Waals surface area contributed by atoms with E-state index >= 15 is 0 Å². The van der Waals surface area contributed by atoms with E-state index in [-0.39, 0.29) is 0 Å². The van der Waals surface area contributed by atoms with Crippen molar-refractivity contribution in [3.8, 4) is 0 Å². The zero-order chi connectivity index (χ0) is 14.9. The summed E-state index contributed by atoms with van der Waals surface area (Å²) in [6.07, 6.45) is 3.93. The first-order valence-electron chi connectivity index (χ1n) is 7.64. The third kappa shape index (κ3) is 2.41. The molecule has 1 atom stereocenters. The minimum absolute atomic E-state index is 0.565. The van der Waals surface area contributed by atoms with E-state index in [1.807, 2.05) is 31.2 Å². The van der Waals surface area contributed by atoms with Gasteiger partial charge in [-0.2, -0.15) is 0 Å². The van der Waals surface area contributed by atoms with Crippen molar-refractivity contribution in [1.82, 2.24) is 24.7 Å². The number of hydrogen-bond acceptors (Lipinski definition) is 5. The molecule has 1 N–H and O–H groups in total. The van der Waals surface area contributed by atoms with Gasteiger partial charge in [0.2, 0.25) is 0 Å². The van der Waals surface area contributed by atoms with E-state index in [1.165, 1.54) is 0 Å². The number of rotatable bonds is 3. The molecule has 6 nitrogen and oxygen atoms in total. The lowest BCUT2D eigenvalue weighted by molar-refractivity contribution is 0.376. The standard InChI is InChI=1S/C16H18N6/c1-11-20-21-16-7-6-12(10-22(11)16)8-18-15-9-17-13-4-2-3-5-14(13)19-15/h2-5,9,12H,6-8,10H2,1H3,(H,18,19)/t12-/m1/s1. The van der Waals surface area contributed by atoms with E-state index in [1.54, 1.807) is 6.20 Å². The van der Waals surface area contributed by atoms with Crippen LogP contribution < -0.4 is 5.32 Å². The molecule has 0 aliphatic carbocycles. The average molecular weight is 294 g/mol. The summed E-state index contributed by atoms with van der Waals surface area (Å²) in [4.78, 5) is 9.04. The first kappa shape index (κ1) is 13.2. The van der Waals surface area contributed by atoms with Crippen LogP contribution in [0.25, 0.3) is 11.0 Å². The minimum atomic E-state index is 0.565. The Balaban J connectivity index is 1.45. The van der Waals surface area contributed by atoms with Gasteiger partial charge in [-0.05, 0) is 31.4 Å². The molecule has 0 amide bonds.